The fraction of sp³-hybridized carbons (Fsp3) is 0.500. The number of hydrogen-bond acceptors (Lipinski definition) is 3. The Morgan fingerprint density at radius 1 is 1.33 bits per heavy atom. The van der Waals surface area contributed by atoms with Crippen molar-refractivity contribution < 1.29 is 4.74 Å². The molecule has 0 saturated heterocycles. The first kappa shape index (κ1) is 12.0. The van der Waals surface area contributed by atoms with Gasteiger partial charge in [0.05, 0.1) is 7.11 Å². The molecule has 0 radical (unpaired) electrons. The van der Waals surface area contributed by atoms with Gasteiger partial charge in [0.2, 0.25) is 0 Å². The molecule has 0 aromatic heterocycles. The lowest BCUT2D eigenvalue weighted by molar-refractivity contribution is 0.406. The highest BCUT2D eigenvalue weighted by Crippen LogP contribution is 2.25. The molecule has 0 unspecified atom stereocenters. The van der Waals surface area contributed by atoms with Gasteiger partial charge in [-0.3, -0.25) is 0 Å². The van der Waals surface area contributed by atoms with Gasteiger partial charge >= 0.3 is 0 Å². The van der Waals surface area contributed by atoms with Gasteiger partial charge in [-0.05, 0) is 31.4 Å². The molecule has 0 aliphatic heterocycles. The molecule has 1 rings (SSSR count). The van der Waals surface area contributed by atoms with Crippen LogP contribution in [-0.4, -0.2) is 20.3 Å². The summed E-state index contributed by atoms with van der Waals surface area (Å²) in [6.45, 7) is 5.58. The number of benzene rings is 1. The second-order valence-corrected chi connectivity index (χ2v) is 3.73. The number of nitrogens with one attached hydrogen (secondary N) is 1. The zero-order chi connectivity index (χ0) is 11.3. The van der Waals surface area contributed by atoms with E-state index in [1.165, 1.54) is 16.7 Å². The highest BCUT2D eigenvalue weighted by molar-refractivity contribution is 5.43. The Hall–Kier alpha value is -1.06. The lowest BCUT2D eigenvalue weighted by Crippen LogP contribution is -2.24. The first-order valence-electron chi connectivity index (χ1n) is 5.24. The maximum atomic E-state index is 5.40. The van der Waals surface area contributed by atoms with Crippen molar-refractivity contribution in [2.45, 2.75) is 20.3 Å². The van der Waals surface area contributed by atoms with E-state index in [2.05, 4.69) is 31.3 Å². The summed E-state index contributed by atoms with van der Waals surface area (Å²) >= 11 is 0. The SMILES string of the molecule is COc1c(C)cc(C)cc1CCNCN. The fourth-order valence-electron chi connectivity index (χ4n) is 1.85. The number of methoxy groups -OCH3 is 1. The van der Waals surface area contributed by atoms with Crippen LogP contribution in [-0.2, 0) is 6.42 Å². The van der Waals surface area contributed by atoms with Gasteiger partial charge in [-0.15, -0.1) is 0 Å². The van der Waals surface area contributed by atoms with Gasteiger partial charge in [-0.2, -0.15) is 0 Å². The number of nitrogens with two attached hydrogens (primary N) is 1. The topological polar surface area (TPSA) is 47.3 Å². The Labute approximate surface area is 91.6 Å². The molecular formula is C12H20N2O. The number of hydrogen-bond donors (Lipinski definition) is 2. The Morgan fingerprint density at radius 2 is 2.07 bits per heavy atom. The third kappa shape index (κ3) is 3.22. The molecule has 3 nitrogen and oxygen atoms in total. The van der Waals surface area contributed by atoms with E-state index in [-0.39, 0.29) is 0 Å². The van der Waals surface area contributed by atoms with Crippen molar-refractivity contribution in [3.8, 4) is 5.75 Å². The zero-order valence-corrected chi connectivity index (χ0v) is 9.76. The molecule has 0 aliphatic rings. The van der Waals surface area contributed by atoms with Crippen molar-refractivity contribution in [2.24, 2.45) is 5.73 Å². The van der Waals surface area contributed by atoms with E-state index in [0.29, 0.717) is 6.67 Å². The summed E-state index contributed by atoms with van der Waals surface area (Å²) in [4.78, 5) is 0. The summed E-state index contributed by atoms with van der Waals surface area (Å²) in [6, 6.07) is 4.31. The van der Waals surface area contributed by atoms with Crippen molar-refractivity contribution in [1.82, 2.24) is 5.32 Å². The molecule has 0 fully saturated rings. The summed E-state index contributed by atoms with van der Waals surface area (Å²) in [5.41, 5.74) is 9.10. The van der Waals surface area contributed by atoms with Crippen LogP contribution in [0.25, 0.3) is 0 Å². The zero-order valence-electron chi connectivity index (χ0n) is 9.76. The number of rotatable bonds is 5. The molecule has 84 valence electrons. The quantitative estimate of drug-likeness (QED) is 0.567. The van der Waals surface area contributed by atoms with Crippen molar-refractivity contribution >= 4 is 0 Å². The van der Waals surface area contributed by atoms with Gasteiger partial charge in [0.25, 0.3) is 0 Å². The Kier molecular flexibility index (Phi) is 4.59. The molecule has 0 heterocycles. The number of aryl methyl sites for hydroxylation is 2. The Balaban J connectivity index is 2.84. The van der Waals surface area contributed by atoms with Gasteiger partial charge in [0, 0.05) is 13.2 Å². The predicted molar refractivity (Wildman–Crippen MR) is 63.2 cm³/mol. The van der Waals surface area contributed by atoms with E-state index < -0.39 is 0 Å². The molecule has 0 aliphatic carbocycles. The minimum absolute atomic E-state index is 0.521. The second-order valence-electron chi connectivity index (χ2n) is 3.73. The van der Waals surface area contributed by atoms with Gasteiger partial charge in [-0.1, -0.05) is 17.7 Å². The van der Waals surface area contributed by atoms with Crippen molar-refractivity contribution in [1.29, 1.82) is 0 Å². The number of ether oxygens (including phenoxy) is 1. The predicted octanol–water partition coefficient (Wildman–Crippen LogP) is 1.36. The first-order chi connectivity index (χ1) is 7.19. The van der Waals surface area contributed by atoms with E-state index in [1.807, 2.05) is 0 Å². The molecule has 1 aromatic rings. The molecule has 3 N–H and O–H groups in total. The molecule has 0 bridgehead atoms. The van der Waals surface area contributed by atoms with Gasteiger partial charge < -0.3 is 15.8 Å². The van der Waals surface area contributed by atoms with Crippen LogP contribution < -0.4 is 15.8 Å². The van der Waals surface area contributed by atoms with Crippen LogP contribution in [0.5, 0.6) is 5.75 Å². The van der Waals surface area contributed by atoms with E-state index in [9.17, 15) is 0 Å². The van der Waals surface area contributed by atoms with Crippen LogP contribution in [0.4, 0.5) is 0 Å². The summed E-state index contributed by atoms with van der Waals surface area (Å²) in [7, 11) is 1.72. The highest BCUT2D eigenvalue weighted by Gasteiger charge is 2.06. The average Bonchev–Trinajstić information content (AvgIpc) is 2.17. The maximum absolute atomic E-state index is 5.40. The van der Waals surface area contributed by atoms with Crippen molar-refractivity contribution in [3.05, 3.63) is 28.8 Å². The lowest BCUT2D eigenvalue weighted by Gasteiger charge is -2.12. The van der Waals surface area contributed by atoms with Crippen LogP contribution in [0.3, 0.4) is 0 Å². The third-order valence-corrected chi connectivity index (χ3v) is 2.42. The second kappa shape index (κ2) is 5.73. The molecule has 0 saturated carbocycles. The van der Waals surface area contributed by atoms with Gasteiger partial charge in [0.15, 0.2) is 0 Å². The summed E-state index contributed by atoms with van der Waals surface area (Å²) in [5, 5.41) is 3.11. The normalized spacial score (nSPS) is 10.4. The molecular weight excluding hydrogens is 188 g/mol. The largest absolute Gasteiger partial charge is 0.496 e. The maximum Gasteiger partial charge on any atom is 0.125 e. The average molecular weight is 208 g/mol. The minimum atomic E-state index is 0.521. The Bertz CT molecular complexity index is 324. The van der Waals surface area contributed by atoms with E-state index in [4.69, 9.17) is 10.5 Å². The van der Waals surface area contributed by atoms with Crippen LogP contribution >= 0.6 is 0 Å². The monoisotopic (exact) mass is 208 g/mol. The third-order valence-electron chi connectivity index (χ3n) is 2.42. The molecule has 3 heteroatoms. The Morgan fingerprint density at radius 3 is 2.67 bits per heavy atom. The fourth-order valence-corrected chi connectivity index (χ4v) is 1.85. The van der Waals surface area contributed by atoms with E-state index in [0.717, 1.165) is 18.7 Å². The summed E-state index contributed by atoms with van der Waals surface area (Å²) in [6.07, 6.45) is 0.947. The summed E-state index contributed by atoms with van der Waals surface area (Å²) in [5.74, 6) is 0.999. The lowest BCUT2D eigenvalue weighted by atomic mass is 10.0. The van der Waals surface area contributed by atoms with Crippen LogP contribution in [0.1, 0.15) is 16.7 Å². The standard InChI is InChI=1S/C12H20N2O/c1-9-6-10(2)12(15-3)11(7-9)4-5-14-8-13/h6-7,14H,4-5,8,13H2,1-3H3. The van der Waals surface area contributed by atoms with E-state index >= 15 is 0 Å². The molecule has 0 spiro atoms. The van der Waals surface area contributed by atoms with Crippen LogP contribution in [0, 0.1) is 13.8 Å². The molecule has 15 heavy (non-hydrogen) atoms. The van der Waals surface area contributed by atoms with Gasteiger partial charge in [-0.25, -0.2) is 0 Å². The molecule has 1 aromatic carbocycles. The molecule has 0 amide bonds. The smallest absolute Gasteiger partial charge is 0.125 e. The van der Waals surface area contributed by atoms with Crippen molar-refractivity contribution in [3.63, 3.8) is 0 Å². The van der Waals surface area contributed by atoms with Crippen LogP contribution in [0.2, 0.25) is 0 Å². The minimum Gasteiger partial charge on any atom is -0.496 e. The van der Waals surface area contributed by atoms with Crippen molar-refractivity contribution in [2.75, 3.05) is 20.3 Å². The van der Waals surface area contributed by atoms with Gasteiger partial charge in [0.1, 0.15) is 5.75 Å². The highest BCUT2D eigenvalue weighted by atomic mass is 16.5. The molecule has 0 atom stereocenters. The summed E-state index contributed by atoms with van der Waals surface area (Å²) < 4.78 is 5.40. The van der Waals surface area contributed by atoms with Crippen LogP contribution in [0.15, 0.2) is 12.1 Å². The first-order valence-corrected chi connectivity index (χ1v) is 5.24. The van der Waals surface area contributed by atoms with E-state index in [1.54, 1.807) is 7.11 Å².